The summed E-state index contributed by atoms with van der Waals surface area (Å²) in [5.41, 5.74) is 0.830. The van der Waals surface area contributed by atoms with Gasteiger partial charge < -0.3 is 0 Å². The SMILES string of the molecule is O=C(CN1C(=O)C(=O)c2ccc(Br)cc21)c1cccs1. The minimum atomic E-state index is -0.650. The zero-order chi connectivity index (χ0) is 14.3. The number of fused-ring (bicyclic) bond motifs is 1. The van der Waals surface area contributed by atoms with Gasteiger partial charge in [-0.3, -0.25) is 19.3 Å². The van der Waals surface area contributed by atoms with Crippen molar-refractivity contribution in [1.29, 1.82) is 0 Å². The zero-order valence-corrected chi connectivity index (χ0v) is 12.5. The van der Waals surface area contributed by atoms with Crippen molar-refractivity contribution in [1.82, 2.24) is 0 Å². The highest BCUT2D eigenvalue weighted by molar-refractivity contribution is 9.10. The van der Waals surface area contributed by atoms with E-state index in [1.165, 1.54) is 16.2 Å². The van der Waals surface area contributed by atoms with Crippen LogP contribution in [0.2, 0.25) is 0 Å². The maximum Gasteiger partial charge on any atom is 0.299 e. The lowest BCUT2D eigenvalue weighted by Gasteiger charge is -2.15. The molecule has 0 radical (unpaired) electrons. The highest BCUT2D eigenvalue weighted by Crippen LogP contribution is 2.31. The molecule has 0 atom stereocenters. The molecule has 1 aliphatic rings. The Kier molecular flexibility index (Phi) is 3.27. The van der Waals surface area contributed by atoms with Gasteiger partial charge in [-0.2, -0.15) is 0 Å². The van der Waals surface area contributed by atoms with Gasteiger partial charge in [0.25, 0.3) is 11.7 Å². The zero-order valence-electron chi connectivity index (χ0n) is 10.1. The van der Waals surface area contributed by atoms with Crippen LogP contribution in [0.25, 0.3) is 0 Å². The van der Waals surface area contributed by atoms with E-state index in [4.69, 9.17) is 0 Å². The number of hydrogen-bond donors (Lipinski definition) is 0. The predicted molar refractivity (Wildman–Crippen MR) is 79.5 cm³/mol. The first-order valence-electron chi connectivity index (χ1n) is 5.80. The number of carbonyl (C=O) groups is 3. The van der Waals surface area contributed by atoms with Crippen LogP contribution in [0, 0.1) is 0 Å². The third-order valence-corrected chi connectivity index (χ3v) is 4.44. The molecule has 20 heavy (non-hydrogen) atoms. The summed E-state index contributed by atoms with van der Waals surface area (Å²) in [5, 5.41) is 1.80. The number of thiophene rings is 1. The van der Waals surface area contributed by atoms with Gasteiger partial charge in [0.15, 0.2) is 5.78 Å². The number of hydrogen-bond acceptors (Lipinski definition) is 4. The smallest absolute Gasteiger partial charge is 0.297 e. The summed E-state index contributed by atoms with van der Waals surface area (Å²) < 4.78 is 0.757. The summed E-state index contributed by atoms with van der Waals surface area (Å²) in [6, 6.07) is 8.46. The molecular weight excluding hydrogens is 342 g/mol. The second-order valence-corrected chi connectivity index (χ2v) is 6.15. The molecule has 1 aliphatic heterocycles. The topological polar surface area (TPSA) is 54.5 Å². The quantitative estimate of drug-likeness (QED) is 0.632. The molecule has 0 fully saturated rings. The molecule has 0 bridgehead atoms. The molecule has 0 spiro atoms. The van der Waals surface area contributed by atoms with E-state index >= 15 is 0 Å². The number of nitrogens with zero attached hydrogens (tertiary/aromatic N) is 1. The number of rotatable bonds is 3. The molecule has 0 saturated carbocycles. The van der Waals surface area contributed by atoms with E-state index in [-0.39, 0.29) is 12.3 Å². The monoisotopic (exact) mass is 349 g/mol. The summed E-state index contributed by atoms with van der Waals surface area (Å²) in [6.45, 7) is -0.117. The molecule has 2 heterocycles. The van der Waals surface area contributed by atoms with Crippen molar-refractivity contribution in [3.05, 3.63) is 50.6 Å². The van der Waals surface area contributed by atoms with E-state index in [1.54, 1.807) is 35.7 Å². The Morgan fingerprint density at radius 1 is 1.25 bits per heavy atom. The molecule has 0 aliphatic carbocycles. The summed E-state index contributed by atoms with van der Waals surface area (Å²) >= 11 is 4.62. The molecule has 4 nitrogen and oxygen atoms in total. The number of halogens is 1. The van der Waals surface area contributed by atoms with Crippen molar-refractivity contribution in [2.75, 3.05) is 11.4 Å². The fourth-order valence-electron chi connectivity index (χ4n) is 2.08. The van der Waals surface area contributed by atoms with E-state index in [1.807, 2.05) is 0 Å². The Balaban J connectivity index is 1.95. The predicted octanol–water partition coefficient (Wildman–Crippen LogP) is 2.92. The maximum absolute atomic E-state index is 12.1. The van der Waals surface area contributed by atoms with Crippen LogP contribution in [-0.4, -0.2) is 24.0 Å². The molecule has 2 aromatic rings. The van der Waals surface area contributed by atoms with Crippen LogP contribution < -0.4 is 4.90 Å². The van der Waals surface area contributed by atoms with Gasteiger partial charge in [0.05, 0.1) is 22.7 Å². The maximum atomic E-state index is 12.1. The van der Waals surface area contributed by atoms with Crippen molar-refractivity contribution in [3.63, 3.8) is 0 Å². The Labute approximate surface area is 127 Å². The molecule has 0 unspecified atom stereocenters. The van der Waals surface area contributed by atoms with Crippen molar-refractivity contribution in [2.24, 2.45) is 0 Å². The third kappa shape index (κ3) is 2.10. The van der Waals surface area contributed by atoms with Crippen LogP contribution in [0.1, 0.15) is 20.0 Å². The number of carbonyl (C=O) groups excluding carboxylic acids is 3. The largest absolute Gasteiger partial charge is 0.299 e. The first-order valence-corrected chi connectivity index (χ1v) is 7.47. The van der Waals surface area contributed by atoms with Gasteiger partial charge in [-0.1, -0.05) is 22.0 Å². The number of amides is 1. The highest BCUT2D eigenvalue weighted by atomic mass is 79.9. The average molecular weight is 350 g/mol. The summed E-state index contributed by atoms with van der Waals surface area (Å²) in [4.78, 5) is 37.8. The molecule has 6 heteroatoms. The van der Waals surface area contributed by atoms with E-state index < -0.39 is 11.7 Å². The number of benzene rings is 1. The Bertz CT molecular complexity index is 724. The molecule has 100 valence electrons. The van der Waals surface area contributed by atoms with Crippen LogP contribution in [-0.2, 0) is 4.79 Å². The van der Waals surface area contributed by atoms with Gasteiger partial charge in [-0.15, -0.1) is 11.3 Å². The van der Waals surface area contributed by atoms with Crippen molar-refractivity contribution < 1.29 is 14.4 Å². The van der Waals surface area contributed by atoms with Crippen LogP contribution in [0.4, 0.5) is 5.69 Å². The lowest BCUT2D eigenvalue weighted by molar-refractivity contribution is -0.114. The second-order valence-electron chi connectivity index (χ2n) is 4.28. The van der Waals surface area contributed by atoms with Crippen LogP contribution in [0.5, 0.6) is 0 Å². The molecule has 3 rings (SSSR count). The third-order valence-electron chi connectivity index (χ3n) is 3.03. The van der Waals surface area contributed by atoms with Gasteiger partial charge in [0.1, 0.15) is 0 Å². The fourth-order valence-corrected chi connectivity index (χ4v) is 3.09. The van der Waals surface area contributed by atoms with Gasteiger partial charge in [0, 0.05) is 4.47 Å². The van der Waals surface area contributed by atoms with Gasteiger partial charge >= 0.3 is 0 Å². The number of Topliss-reactive ketones (excluding diaryl/α,β-unsaturated/α-hetero) is 2. The van der Waals surface area contributed by atoms with E-state index in [0.717, 1.165) is 4.47 Å². The lowest BCUT2D eigenvalue weighted by Crippen LogP contribution is -2.34. The van der Waals surface area contributed by atoms with Crippen molar-refractivity contribution in [2.45, 2.75) is 0 Å². The Morgan fingerprint density at radius 3 is 2.75 bits per heavy atom. The molecule has 1 aromatic heterocycles. The van der Waals surface area contributed by atoms with Gasteiger partial charge in [-0.25, -0.2) is 0 Å². The van der Waals surface area contributed by atoms with Crippen LogP contribution in [0.3, 0.4) is 0 Å². The molecule has 0 saturated heterocycles. The minimum Gasteiger partial charge on any atom is -0.297 e. The summed E-state index contributed by atoms with van der Waals surface area (Å²) in [6.07, 6.45) is 0. The molecule has 0 N–H and O–H groups in total. The Hall–Kier alpha value is -1.79. The molecular formula is C14H8BrNO3S. The summed E-state index contributed by atoms with van der Waals surface area (Å²) in [7, 11) is 0. The molecule has 1 aromatic carbocycles. The van der Waals surface area contributed by atoms with E-state index in [2.05, 4.69) is 15.9 Å². The first kappa shape index (κ1) is 13.2. The molecule has 1 amide bonds. The van der Waals surface area contributed by atoms with Gasteiger partial charge in [-0.05, 0) is 29.6 Å². The number of ketones is 2. The number of anilines is 1. The first-order chi connectivity index (χ1) is 9.58. The normalized spacial score (nSPS) is 13.8. The standard InChI is InChI=1S/C14H8BrNO3S/c15-8-3-4-9-10(6-8)16(14(19)13(9)18)7-11(17)12-2-1-5-20-12/h1-6H,7H2. The average Bonchev–Trinajstić information content (AvgIpc) is 3.03. The Morgan fingerprint density at radius 2 is 2.05 bits per heavy atom. The van der Waals surface area contributed by atoms with E-state index in [9.17, 15) is 14.4 Å². The second kappa shape index (κ2) is 4.96. The van der Waals surface area contributed by atoms with Crippen LogP contribution in [0.15, 0.2) is 40.2 Å². The van der Waals surface area contributed by atoms with E-state index in [0.29, 0.717) is 16.1 Å². The summed E-state index contributed by atoms with van der Waals surface area (Å²) in [5.74, 6) is -1.39. The van der Waals surface area contributed by atoms with Gasteiger partial charge in [0.2, 0.25) is 0 Å². The van der Waals surface area contributed by atoms with Crippen molar-refractivity contribution >= 4 is 50.4 Å². The minimum absolute atomic E-state index is 0.117. The highest BCUT2D eigenvalue weighted by Gasteiger charge is 2.36. The fraction of sp³-hybridized carbons (Fsp3) is 0.0714. The van der Waals surface area contributed by atoms with Crippen molar-refractivity contribution in [3.8, 4) is 0 Å². The lowest BCUT2D eigenvalue weighted by atomic mass is 10.1. The van der Waals surface area contributed by atoms with Crippen LogP contribution >= 0.6 is 27.3 Å².